The van der Waals surface area contributed by atoms with Crippen molar-refractivity contribution in [1.29, 1.82) is 0 Å². The van der Waals surface area contributed by atoms with E-state index in [-0.39, 0.29) is 17.5 Å². The van der Waals surface area contributed by atoms with Crippen molar-refractivity contribution in [3.63, 3.8) is 0 Å². The lowest BCUT2D eigenvalue weighted by molar-refractivity contribution is 0.0943. The van der Waals surface area contributed by atoms with E-state index in [9.17, 15) is 13.4 Å². The van der Waals surface area contributed by atoms with E-state index in [1.54, 1.807) is 13.2 Å². The van der Waals surface area contributed by atoms with E-state index in [1.807, 2.05) is 0 Å². The SMILES string of the molecule is CC(CS(C)=O)NC(=O)c1ccc(Br)c(F)c1. The Morgan fingerprint density at radius 3 is 2.76 bits per heavy atom. The molecule has 0 aromatic heterocycles. The Kier molecular flexibility index (Phi) is 5.27. The average molecular weight is 322 g/mol. The van der Waals surface area contributed by atoms with Crippen LogP contribution in [0.3, 0.4) is 0 Å². The fraction of sp³-hybridized carbons (Fsp3) is 0.364. The second-order valence-electron chi connectivity index (χ2n) is 3.74. The summed E-state index contributed by atoms with van der Waals surface area (Å²) >= 11 is 3.02. The van der Waals surface area contributed by atoms with E-state index in [2.05, 4.69) is 21.2 Å². The fourth-order valence-electron chi connectivity index (χ4n) is 1.34. The van der Waals surface area contributed by atoms with Gasteiger partial charge in [0.05, 0.1) is 4.47 Å². The first-order valence-corrected chi connectivity index (χ1v) is 7.48. The number of benzene rings is 1. The number of carbonyl (C=O) groups excluding carboxylic acids is 1. The van der Waals surface area contributed by atoms with Crippen LogP contribution in [0.2, 0.25) is 0 Å². The highest BCUT2D eigenvalue weighted by molar-refractivity contribution is 9.10. The number of rotatable bonds is 4. The predicted octanol–water partition coefficient (Wildman–Crippen LogP) is 2.08. The van der Waals surface area contributed by atoms with Gasteiger partial charge in [-0.05, 0) is 41.1 Å². The average Bonchev–Trinajstić information content (AvgIpc) is 2.20. The van der Waals surface area contributed by atoms with E-state index in [4.69, 9.17) is 0 Å². The summed E-state index contributed by atoms with van der Waals surface area (Å²) in [5, 5.41) is 2.66. The van der Waals surface area contributed by atoms with Crippen LogP contribution in [-0.2, 0) is 10.8 Å². The molecule has 0 spiro atoms. The number of halogens is 2. The molecule has 17 heavy (non-hydrogen) atoms. The van der Waals surface area contributed by atoms with Crippen molar-refractivity contribution < 1.29 is 13.4 Å². The summed E-state index contributed by atoms with van der Waals surface area (Å²) in [7, 11) is -0.973. The zero-order chi connectivity index (χ0) is 13.0. The first-order valence-electron chi connectivity index (χ1n) is 4.96. The van der Waals surface area contributed by atoms with Crippen LogP contribution in [-0.4, -0.2) is 28.2 Å². The number of hydrogen-bond acceptors (Lipinski definition) is 2. The van der Waals surface area contributed by atoms with Gasteiger partial charge in [-0.1, -0.05) is 0 Å². The minimum Gasteiger partial charge on any atom is -0.349 e. The summed E-state index contributed by atoms with van der Waals surface area (Å²) in [5.74, 6) is -0.469. The molecule has 0 saturated heterocycles. The summed E-state index contributed by atoms with van der Waals surface area (Å²) < 4.78 is 24.5. The molecule has 1 aromatic rings. The second kappa shape index (κ2) is 6.26. The van der Waals surface area contributed by atoms with E-state index in [0.717, 1.165) is 6.07 Å². The Hall–Kier alpha value is -0.750. The smallest absolute Gasteiger partial charge is 0.251 e. The van der Waals surface area contributed by atoms with Crippen molar-refractivity contribution >= 4 is 32.6 Å². The van der Waals surface area contributed by atoms with Gasteiger partial charge in [0.1, 0.15) is 5.82 Å². The summed E-state index contributed by atoms with van der Waals surface area (Å²) in [6.45, 7) is 1.76. The number of nitrogens with one attached hydrogen (secondary N) is 1. The maximum absolute atomic E-state index is 13.2. The van der Waals surface area contributed by atoms with Crippen molar-refractivity contribution in [3.8, 4) is 0 Å². The van der Waals surface area contributed by atoms with E-state index in [0.29, 0.717) is 10.2 Å². The van der Waals surface area contributed by atoms with Crippen LogP contribution < -0.4 is 5.32 Å². The van der Waals surface area contributed by atoms with Crippen LogP contribution in [0.25, 0.3) is 0 Å². The fourth-order valence-corrected chi connectivity index (χ4v) is 2.37. The topological polar surface area (TPSA) is 46.2 Å². The highest BCUT2D eigenvalue weighted by Gasteiger charge is 2.12. The summed E-state index contributed by atoms with van der Waals surface area (Å²) in [4.78, 5) is 11.7. The summed E-state index contributed by atoms with van der Waals surface area (Å²) in [6, 6.07) is 3.96. The number of hydrogen-bond donors (Lipinski definition) is 1. The molecule has 0 aliphatic carbocycles. The first kappa shape index (κ1) is 14.3. The minimum atomic E-state index is -0.973. The molecule has 1 N–H and O–H groups in total. The molecule has 0 heterocycles. The molecule has 2 atom stereocenters. The molecule has 1 rings (SSSR count). The molecule has 1 amide bonds. The Bertz CT molecular complexity index is 453. The maximum atomic E-state index is 13.2. The van der Waals surface area contributed by atoms with Crippen LogP contribution >= 0.6 is 15.9 Å². The normalized spacial score (nSPS) is 14.1. The lowest BCUT2D eigenvalue weighted by atomic mass is 10.2. The zero-order valence-corrected chi connectivity index (χ0v) is 11.9. The molecular weight excluding hydrogens is 309 g/mol. The second-order valence-corrected chi connectivity index (χ2v) is 6.08. The van der Waals surface area contributed by atoms with Crippen molar-refractivity contribution in [1.82, 2.24) is 5.32 Å². The third-order valence-electron chi connectivity index (χ3n) is 2.04. The van der Waals surface area contributed by atoms with Crippen LogP contribution in [0.15, 0.2) is 22.7 Å². The molecule has 2 unspecified atom stereocenters. The number of amides is 1. The van der Waals surface area contributed by atoms with E-state index < -0.39 is 16.6 Å². The molecule has 0 aliphatic heterocycles. The Morgan fingerprint density at radius 2 is 2.24 bits per heavy atom. The van der Waals surface area contributed by atoms with E-state index >= 15 is 0 Å². The maximum Gasteiger partial charge on any atom is 0.251 e. The largest absolute Gasteiger partial charge is 0.349 e. The minimum absolute atomic E-state index is 0.208. The van der Waals surface area contributed by atoms with Gasteiger partial charge in [-0.25, -0.2) is 4.39 Å². The molecule has 0 radical (unpaired) electrons. The highest BCUT2D eigenvalue weighted by atomic mass is 79.9. The summed E-state index contributed by atoms with van der Waals surface area (Å²) in [5.41, 5.74) is 0.249. The van der Waals surface area contributed by atoms with Gasteiger partial charge >= 0.3 is 0 Å². The van der Waals surface area contributed by atoms with Gasteiger partial charge in [0, 0.05) is 34.4 Å². The van der Waals surface area contributed by atoms with Gasteiger partial charge in [0.2, 0.25) is 0 Å². The monoisotopic (exact) mass is 321 g/mol. The van der Waals surface area contributed by atoms with Crippen LogP contribution in [0.1, 0.15) is 17.3 Å². The zero-order valence-electron chi connectivity index (χ0n) is 9.50. The molecule has 0 aliphatic rings. The van der Waals surface area contributed by atoms with Crippen molar-refractivity contribution in [2.45, 2.75) is 13.0 Å². The van der Waals surface area contributed by atoms with E-state index in [1.165, 1.54) is 12.1 Å². The van der Waals surface area contributed by atoms with Gasteiger partial charge in [-0.15, -0.1) is 0 Å². The number of carbonyl (C=O) groups is 1. The molecule has 1 aromatic carbocycles. The van der Waals surface area contributed by atoms with Crippen LogP contribution in [0, 0.1) is 5.82 Å². The van der Waals surface area contributed by atoms with Crippen molar-refractivity contribution in [2.24, 2.45) is 0 Å². The quantitative estimate of drug-likeness (QED) is 0.923. The van der Waals surface area contributed by atoms with Gasteiger partial charge in [-0.3, -0.25) is 9.00 Å². The third kappa shape index (κ3) is 4.55. The van der Waals surface area contributed by atoms with Crippen LogP contribution in [0.5, 0.6) is 0 Å². The molecule has 6 heteroatoms. The van der Waals surface area contributed by atoms with Gasteiger partial charge in [-0.2, -0.15) is 0 Å². The molecular formula is C11H13BrFNO2S. The lowest BCUT2D eigenvalue weighted by Crippen LogP contribution is -2.36. The van der Waals surface area contributed by atoms with Crippen LogP contribution in [0.4, 0.5) is 4.39 Å². The van der Waals surface area contributed by atoms with Gasteiger partial charge < -0.3 is 5.32 Å². The van der Waals surface area contributed by atoms with Crippen molar-refractivity contribution in [3.05, 3.63) is 34.1 Å². The highest BCUT2D eigenvalue weighted by Crippen LogP contribution is 2.16. The predicted molar refractivity (Wildman–Crippen MR) is 70.0 cm³/mol. The Labute approximate surface area is 110 Å². The molecule has 94 valence electrons. The Morgan fingerprint density at radius 1 is 1.59 bits per heavy atom. The van der Waals surface area contributed by atoms with Gasteiger partial charge in [0.25, 0.3) is 5.91 Å². The molecule has 0 saturated carbocycles. The molecule has 0 bridgehead atoms. The molecule has 0 fully saturated rings. The third-order valence-corrected chi connectivity index (χ3v) is 3.66. The first-order chi connectivity index (χ1) is 7.90. The molecule has 3 nitrogen and oxygen atoms in total. The van der Waals surface area contributed by atoms with Gasteiger partial charge in [0.15, 0.2) is 0 Å². The standard InChI is InChI=1S/C11H13BrFNO2S/c1-7(6-17(2)16)14-11(15)8-3-4-9(12)10(13)5-8/h3-5,7H,6H2,1-2H3,(H,14,15). The van der Waals surface area contributed by atoms with Crippen molar-refractivity contribution in [2.75, 3.05) is 12.0 Å². The lowest BCUT2D eigenvalue weighted by Gasteiger charge is -2.12. The Balaban J connectivity index is 2.70. The summed E-state index contributed by atoms with van der Waals surface area (Å²) in [6.07, 6.45) is 1.57.